The van der Waals surface area contributed by atoms with Gasteiger partial charge in [-0.1, -0.05) is 109 Å². The van der Waals surface area contributed by atoms with Gasteiger partial charge in [-0.2, -0.15) is 0 Å². The molecule has 12 heteroatoms. The number of ether oxygens (including phenoxy) is 1. The Balaban J connectivity index is 3.99. The van der Waals surface area contributed by atoms with Crippen LogP contribution in [0.25, 0.3) is 0 Å². The molecular formula is C34H62NO10P. The van der Waals surface area contributed by atoms with Gasteiger partial charge in [-0.3, -0.25) is 18.6 Å². The van der Waals surface area contributed by atoms with Gasteiger partial charge in [0.2, 0.25) is 5.91 Å². The standard InChI is InChI=1S/C34H62NO10P/c1-3-5-7-9-10-11-12-13-14-15-16-17-18-19-20-22-23-25-32(37)35-31(34(39)40)29-45-46(41,42)44-28-30(36)27-43-33(38)26-24-21-8-6-4-2/h10-11,13-14,30-31,36H,3-9,12,15-29H2,1-2H3,(H,35,37)(H,39,40)(H,41,42)/b11-10-,14-13-. The number of rotatable bonds is 32. The highest BCUT2D eigenvalue weighted by Crippen LogP contribution is 2.43. The van der Waals surface area contributed by atoms with E-state index in [0.717, 1.165) is 64.2 Å². The van der Waals surface area contributed by atoms with Crippen molar-refractivity contribution in [3.63, 3.8) is 0 Å². The summed E-state index contributed by atoms with van der Waals surface area (Å²) in [4.78, 5) is 45.3. The molecule has 0 aromatic carbocycles. The molecule has 0 spiro atoms. The maximum absolute atomic E-state index is 12.2. The van der Waals surface area contributed by atoms with E-state index < -0.39 is 57.6 Å². The van der Waals surface area contributed by atoms with Crippen LogP contribution in [0.15, 0.2) is 24.3 Å². The number of allylic oxidation sites excluding steroid dienone is 4. The summed E-state index contributed by atoms with van der Waals surface area (Å²) < 4.78 is 26.5. The second-order valence-corrected chi connectivity index (χ2v) is 13.2. The number of phosphoric ester groups is 1. The fourth-order valence-electron chi connectivity index (χ4n) is 4.46. The molecule has 0 aliphatic rings. The molecule has 3 unspecified atom stereocenters. The highest BCUT2D eigenvalue weighted by atomic mass is 31.2. The Bertz CT molecular complexity index is 895. The Morgan fingerprint density at radius 3 is 1.80 bits per heavy atom. The van der Waals surface area contributed by atoms with E-state index in [-0.39, 0.29) is 12.8 Å². The Morgan fingerprint density at radius 1 is 0.696 bits per heavy atom. The summed E-state index contributed by atoms with van der Waals surface area (Å²) in [5.41, 5.74) is 0. The van der Waals surface area contributed by atoms with E-state index in [0.29, 0.717) is 12.8 Å². The molecule has 1 amide bonds. The Kier molecular flexibility index (Phi) is 29.0. The molecule has 0 saturated heterocycles. The number of esters is 1. The number of unbranched alkanes of at least 4 members (excludes halogenated alkanes) is 14. The summed E-state index contributed by atoms with van der Waals surface area (Å²) in [5.74, 6) is -2.40. The van der Waals surface area contributed by atoms with Crippen molar-refractivity contribution in [2.75, 3.05) is 19.8 Å². The number of carbonyl (C=O) groups is 3. The summed E-state index contributed by atoms with van der Waals surface area (Å²) >= 11 is 0. The lowest BCUT2D eigenvalue weighted by Gasteiger charge is -2.18. The van der Waals surface area contributed by atoms with Gasteiger partial charge in [0.15, 0.2) is 6.04 Å². The first-order valence-electron chi connectivity index (χ1n) is 17.4. The van der Waals surface area contributed by atoms with Crippen molar-refractivity contribution in [1.29, 1.82) is 0 Å². The molecule has 0 aromatic heterocycles. The second-order valence-electron chi connectivity index (χ2n) is 11.7. The van der Waals surface area contributed by atoms with Crippen molar-refractivity contribution >= 4 is 25.7 Å². The summed E-state index contributed by atoms with van der Waals surface area (Å²) in [7, 11) is -4.74. The average molecular weight is 676 g/mol. The smallest absolute Gasteiger partial charge is 0.472 e. The number of nitrogens with one attached hydrogen (secondary N) is 1. The lowest BCUT2D eigenvalue weighted by molar-refractivity contribution is -0.147. The summed E-state index contributed by atoms with van der Waals surface area (Å²) in [6, 6.07) is -1.55. The van der Waals surface area contributed by atoms with Gasteiger partial charge < -0.3 is 25.2 Å². The van der Waals surface area contributed by atoms with Crippen LogP contribution in [0, 0.1) is 0 Å². The minimum absolute atomic E-state index is 0.137. The molecule has 3 atom stereocenters. The molecular weight excluding hydrogens is 613 g/mol. The van der Waals surface area contributed by atoms with Gasteiger partial charge in [0.05, 0.1) is 13.2 Å². The molecule has 4 N–H and O–H groups in total. The third-order valence-electron chi connectivity index (χ3n) is 7.24. The molecule has 268 valence electrons. The van der Waals surface area contributed by atoms with Crippen molar-refractivity contribution in [2.24, 2.45) is 0 Å². The lowest BCUT2D eigenvalue weighted by Crippen LogP contribution is -2.43. The topological polar surface area (TPSA) is 169 Å². The fourth-order valence-corrected chi connectivity index (χ4v) is 5.23. The molecule has 0 bridgehead atoms. The van der Waals surface area contributed by atoms with Gasteiger partial charge in [-0.15, -0.1) is 0 Å². The Morgan fingerprint density at radius 2 is 1.20 bits per heavy atom. The second kappa shape index (κ2) is 30.3. The number of carboxylic acids is 1. The number of amides is 1. The van der Waals surface area contributed by atoms with E-state index in [2.05, 4.69) is 48.0 Å². The quantitative estimate of drug-likeness (QED) is 0.0242. The predicted octanol–water partition coefficient (Wildman–Crippen LogP) is 7.55. The van der Waals surface area contributed by atoms with Gasteiger partial charge >= 0.3 is 19.8 Å². The van der Waals surface area contributed by atoms with Gasteiger partial charge in [-0.05, 0) is 44.9 Å². The third-order valence-corrected chi connectivity index (χ3v) is 8.19. The Labute approximate surface area is 277 Å². The van der Waals surface area contributed by atoms with Crippen LogP contribution in [0.2, 0.25) is 0 Å². The van der Waals surface area contributed by atoms with Crippen LogP contribution in [-0.4, -0.2) is 64.9 Å². The van der Waals surface area contributed by atoms with E-state index in [1.165, 1.54) is 38.5 Å². The van der Waals surface area contributed by atoms with Crippen LogP contribution in [0.1, 0.15) is 142 Å². The molecule has 0 radical (unpaired) electrons. The van der Waals surface area contributed by atoms with Crippen molar-refractivity contribution in [2.45, 2.75) is 154 Å². The van der Waals surface area contributed by atoms with Crippen LogP contribution in [0.5, 0.6) is 0 Å². The zero-order valence-corrected chi connectivity index (χ0v) is 29.3. The lowest BCUT2D eigenvalue weighted by atomic mass is 10.1. The molecule has 0 aliphatic heterocycles. The minimum atomic E-state index is -4.74. The monoisotopic (exact) mass is 675 g/mol. The van der Waals surface area contributed by atoms with E-state index in [4.69, 9.17) is 9.26 Å². The number of hydrogen-bond donors (Lipinski definition) is 4. The molecule has 0 saturated carbocycles. The van der Waals surface area contributed by atoms with E-state index in [1.54, 1.807) is 0 Å². The van der Waals surface area contributed by atoms with Crippen LogP contribution in [0.4, 0.5) is 0 Å². The van der Waals surface area contributed by atoms with Crippen LogP contribution in [0.3, 0.4) is 0 Å². The van der Waals surface area contributed by atoms with Crippen molar-refractivity contribution in [3.05, 3.63) is 24.3 Å². The maximum Gasteiger partial charge on any atom is 0.472 e. The summed E-state index contributed by atoms with van der Waals surface area (Å²) in [6.45, 7) is 2.42. The number of aliphatic carboxylic acids is 1. The molecule has 0 aliphatic carbocycles. The summed E-state index contributed by atoms with van der Waals surface area (Å²) in [6.07, 6.45) is 26.9. The van der Waals surface area contributed by atoms with Crippen molar-refractivity contribution in [3.8, 4) is 0 Å². The molecule has 0 heterocycles. The van der Waals surface area contributed by atoms with Gasteiger partial charge in [0.25, 0.3) is 0 Å². The number of carbonyl (C=O) groups excluding carboxylic acids is 2. The number of hydrogen-bond acceptors (Lipinski definition) is 8. The van der Waals surface area contributed by atoms with Crippen LogP contribution < -0.4 is 5.32 Å². The fraction of sp³-hybridized carbons (Fsp3) is 0.794. The maximum atomic E-state index is 12.2. The SMILES string of the molecule is CCCCC/C=C\C/C=C\CCCCCCCCCC(=O)NC(COP(=O)(O)OCC(O)COC(=O)CCCCCCC)C(=O)O. The van der Waals surface area contributed by atoms with Crippen LogP contribution in [-0.2, 0) is 32.7 Å². The molecule has 46 heavy (non-hydrogen) atoms. The van der Waals surface area contributed by atoms with Gasteiger partial charge in [0.1, 0.15) is 12.7 Å². The molecule has 11 nitrogen and oxygen atoms in total. The first-order valence-corrected chi connectivity index (χ1v) is 18.9. The van der Waals surface area contributed by atoms with Crippen molar-refractivity contribution < 1.29 is 47.8 Å². The zero-order chi connectivity index (χ0) is 34.3. The number of phosphoric acid groups is 1. The van der Waals surface area contributed by atoms with Gasteiger partial charge in [-0.25, -0.2) is 9.36 Å². The number of aliphatic hydroxyl groups is 1. The largest absolute Gasteiger partial charge is 0.480 e. The number of aliphatic hydroxyl groups excluding tert-OH is 1. The van der Waals surface area contributed by atoms with E-state index >= 15 is 0 Å². The summed E-state index contributed by atoms with van der Waals surface area (Å²) in [5, 5.41) is 21.6. The van der Waals surface area contributed by atoms with Crippen molar-refractivity contribution in [1.82, 2.24) is 5.32 Å². The normalized spacial score (nSPS) is 14.3. The molecule has 0 aromatic rings. The Hall–Kier alpha value is -2.04. The molecule has 0 rings (SSSR count). The van der Waals surface area contributed by atoms with E-state index in [1.807, 2.05) is 0 Å². The first kappa shape index (κ1) is 44.0. The minimum Gasteiger partial charge on any atom is -0.480 e. The first-order chi connectivity index (χ1) is 22.1. The highest BCUT2D eigenvalue weighted by molar-refractivity contribution is 7.47. The predicted molar refractivity (Wildman–Crippen MR) is 180 cm³/mol. The van der Waals surface area contributed by atoms with E-state index in [9.17, 15) is 34.1 Å². The van der Waals surface area contributed by atoms with Crippen LogP contribution >= 0.6 is 7.82 Å². The number of carboxylic acid groups (broad SMARTS) is 1. The third kappa shape index (κ3) is 29.4. The van der Waals surface area contributed by atoms with Gasteiger partial charge in [0, 0.05) is 12.8 Å². The zero-order valence-electron chi connectivity index (χ0n) is 28.4. The average Bonchev–Trinajstić information content (AvgIpc) is 3.02. The molecule has 0 fully saturated rings. The highest BCUT2D eigenvalue weighted by Gasteiger charge is 2.28.